The fourth-order valence-electron chi connectivity index (χ4n) is 2.38. The number of halogens is 2. The van der Waals surface area contributed by atoms with Crippen LogP contribution in [0.5, 0.6) is 0 Å². The maximum absolute atomic E-state index is 13.7. The van der Waals surface area contributed by atoms with E-state index in [1.54, 1.807) is 22.6 Å². The zero-order valence-electron chi connectivity index (χ0n) is 11.4. The summed E-state index contributed by atoms with van der Waals surface area (Å²) in [5.41, 5.74) is 0.521. The number of nitrogens with one attached hydrogen (secondary N) is 1. The highest BCUT2D eigenvalue weighted by Crippen LogP contribution is 2.35. The van der Waals surface area contributed by atoms with Crippen LogP contribution < -0.4 is 5.32 Å². The van der Waals surface area contributed by atoms with Gasteiger partial charge in [0.05, 0.1) is 8.49 Å². The van der Waals surface area contributed by atoms with E-state index in [0.29, 0.717) is 21.5 Å². The standard InChI is InChI=1S/C14H18FIN2O2/c1-2-5-17-13(9-3-4-9)7-10-6-11(15)12(16)8-14(10)18(19)20/h6,8-9,13,17H,2-5,7H2,1H3. The minimum Gasteiger partial charge on any atom is -0.313 e. The lowest BCUT2D eigenvalue weighted by atomic mass is 10.0. The molecule has 4 nitrogen and oxygen atoms in total. The molecule has 1 N–H and O–H groups in total. The molecule has 0 saturated heterocycles. The lowest BCUT2D eigenvalue weighted by Gasteiger charge is -2.18. The Morgan fingerprint density at radius 2 is 2.25 bits per heavy atom. The van der Waals surface area contributed by atoms with Gasteiger partial charge in [-0.25, -0.2) is 4.39 Å². The molecule has 0 aliphatic heterocycles. The monoisotopic (exact) mass is 392 g/mol. The number of hydrogen-bond donors (Lipinski definition) is 1. The molecule has 0 amide bonds. The van der Waals surface area contributed by atoms with E-state index >= 15 is 0 Å². The van der Waals surface area contributed by atoms with Crippen molar-refractivity contribution in [3.8, 4) is 0 Å². The highest BCUT2D eigenvalue weighted by Gasteiger charge is 2.32. The van der Waals surface area contributed by atoms with Gasteiger partial charge in [-0.2, -0.15) is 0 Å². The van der Waals surface area contributed by atoms with Crippen LogP contribution in [-0.2, 0) is 6.42 Å². The van der Waals surface area contributed by atoms with Crippen LogP contribution in [0.15, 0.2) is 12.1 Å². The zero-order valence-corrected chi connectivity index (χ0v) is 13.5. The Kier molecular flexibility index (Phi) is 5.31. The Labute approximate surface area is 131 Å². The Bertz CT molecular complexity index is 506. The third-order valence-corrected chi connectivity index (χ3v) is 4.43. The summed E-state index contributed by atoms with van der Waals surface area (Å²) in [6.07, 6.45) is 3.85. The second-order valence-electron chi connectivity index (χ2n) is 5.25. The first-order valence-corrected chi connectivity index (χ1v) is 7.96. The van der Waals surface area contributed by atoms with Gasteiger partial charge in [-0.3, -0.25) is 10.1 Å². The maximum Gasteiger partial charge on any atom is 0.273 e. The molecular formula is C14H18FIN2O2. The third kappa shape index (κ3) is 3.88. The largest absolute Gasteiger partial charge is 0.313 e. The zero-order chi connectivity index (χ0) is 14.7. The number of nitro benzene ring substituents is 1. The molecule has 0 radical (unpaired) electrons. The van der Waals surface area contributed by atoms with Crippen molar-refractivity contribution >= 4 is 28.3 Å². The molecule has 110 valence electrons. The van der Waals surface area contributed by atoms with Crippen LogP contribution in [0.25, 0.3) is 0 Å². The second-order valence-corrected chi connectivity index (χ2v) is 6.42. The summed E-state index contributed by atoms with van der Waals surface area (Å²) in [5, 5.41) is 14.6. The summed E-state index contributed by atoms with van der Waals surface area (Å²) in [6, 6.07) is 2.87. The molecule has 0 spiro atoms. The summed E-state index contributed by atoms with van der Waals surface area (Å²) in [4.78, 5) is 10.7. The number of nitro groups is 1. The fraction of sp³-hybridized carbons (Fsp3) is 0.571. The lowest BCUT2D eigenvalue weighted by molar-refractivity contribution is -0.385. The van der Waals surface area contributed by atoms with Crippen molar-refractivity contribution in [2.24, 2.45) is 5.92 Å². The molecule has 0 heterocycles. The Hall–Kier alpha value is -0.760. The fourth-order valence-corrected chi connectivity index (χ4v) is 2.83. The van der Waals surface area contributed by atoms with Gasteiger partial charge in [-0.1, -0.05) is 6.92 Å². The van der Waals surface area contributed by atoms with Gasteiger partial charge in [0, 0.05) is 17.7 Å². The Morgan fingerprint density at radius 1 is 1.55 bits per heavy atom. The van der Waals surface area contributed by atoms with Crippen molar-refractivity contribution in [2.75, 3.05) is 6.54 Å². The molecule has 1 aromatic carbocycles. The van der Waals surface area contributed by atoms with Crippen LogP contribution in [0, 0.1) is 25.4 Å². The molecule has 1 saturated carbocycles. The molecule has 1 fully saturated rings. The Balaban J connectivity index is 2.21. The minimum atomic E-state index is -0.416. The van der Waals surface area contributed by atoms with Gasteiger partial charge in [0.15, 0.2) is 0 Å². The molecule has 1 atom stereocenters. The van der Waals surface area contributed by atoms with Crippen molar-refractivity contribution in [1.82, 2.24) is 5.32 Å². The van der Waals surface area contributed by atoms with E-state index in [4.69, 9.17) is 0 Å². The summed E-state index contributed by atoms with van der Waals surface area (Å²) in [5.74, 6) is 0.194. The van der Waals surface area contributed by atoms with Gasteiger partial charge in [-0.05, 0) is 66.8 Å². The molecule has 1 unspecified atom stereocenters. The first-order chi connectivity index (χ1) is 9.52. The summed E-state index contributed by atoms with van der Waals surface area (Å²) >= 11 is 1.79. The van der Waals surface area contributed by atoms with Crippen molar-refractivity contribution in [3.63, 3.8) is 0 Å². The molecule has 1 aliphatic rings. The van der Waals surface area contributed by atoms with Crippen LogP contribution in [0.2, 0.25) is 0 Å². The lowest BCUT2D eigenvalue weighted by Crippen LogP contribution is -2.34. The van der Waals surface area contributed by atoms with Crippen molar-refractivity contribution in [2.45, 2.75) is 38.6 Å². The molecule has 1 aliphatic carbocycles. The van der Waals surface area contributed by atoms with Gasteiger partial charge in [0.1, 0.15) is 5.82 Å². The van der Waals surface area contributed by atoms with E-state index in [9.17, 15) is 14.5 Å². The van der Waals surface area contributed by atoms with E-state index in [2.05, 4.69) is 12.2 Å². The van der Waals surface area contributed by atoms with Gasteiger partial charge in [-0.15, -0.1) is 0 Å². The highest BCUT2D eigenvalue weighted by molar-refractivity contribution is 14.1. The number of nitrogens with zero attached hydrogens (tertiary/aromatic N) is 1. The van der Waals surface area contributed by atoms with Gasteiger partial charge in [0.2, 0.25) is 0 Å². The molecule has 0 aromatic heterocycles. The van der Waals surface area contributed by atoms with Crippen LogP contribution in [0.3, 0.4) is 0 Å². The number of rotatable bonds is 7. The topological polar surface area (TPSA) is 55.2 Å². The average Bonchev–Trinajstić information content (AvgIpc) is 3.22. The van der Waals surface area contributed by atoms with Crippen LogP contribution >= 0.6 is 22.6 Å². The van der Waals surface area contributed by atoms with Crippen LogP contribution in [0.4, 0.5) is 10.1 Å². The summed E-state index contributed by atoms with van der Waals surface area (Å²) in [7, 11) is 0. The molecule has 1 aromatic rings. The van der Waals surface area contributed by atoms with E-state index in [0.717, 1.165) is 25.8 Å². The van der Waals surface area contributed by atoms with E-state index in [-0.39, 0.29) is 17.5 Å². The van der Waals surface area contributed by atoms with Crippen molar-refractivity contribution in [1.29, 1.82) is 0 Å². The first kappa shape index (κ1) is 15.6. The predicted octanol–water partition coefficient (Wildman–Crippen LogP) is 3.66. The van der Waals surface area contributed by atoms with Gasteiger partial charge < -0.3 is 5.32 Å². The molecule has 2 rings (SSSR count). The smallest absolute Gasteiger partial charge is 0.273 e. The van der Waals surface area contributed by atoms with Crippen molar-refractivity contribution < 1.29 is 9.31 Å². The van der Waals surface area contributed by atoms with Gasteiger partial charge >= 0.3 is 0 Å². The van der Waals surface area contributed by atoms with Gasteiger partial charge in [0.25, 0.3) is 5.69 Å². The quantitative estimate of drug-likeness (QED) is 0.438. The highest BCUT2D eigenvalue weighted by atomic mass is 127. The van der Waals surface area contributed by atoms with E-state index in [1.807, 2.05) is 0 Å². The maximum atomic E-state index is 13.7. The Morgan fingerprint density at radius 3 is 2.80 bits per heavy atom. The van der Waals surface area contributed by atoms with Crippen LogP contribution in [-0.4, -0.2) is 17.5 Å². The predicted molar refractivity (Wildman–Crippen MR) is 84.3 cm³/mol. The molecular weight excluding hydrogens is 374 g/mol. The average molecular weight is 392 g/mol. The SMILES string of the molecule is CCCNC(Cc1cc(F)c(I)cc1[N+](=O)[O-])C1CC1. The summed E-state index contributed by atoms with van der Waals surface area (Å²) in [6.45, 7) is 2.98. The minimum absolute atomic E-state index is 0.0275. The van der Waals surface area contributed by atoms with E-state index in [1.165, 1.54) is 12.1 Å². The van der Waals surface area contributed by atoms with E-state index < -0.39 is 4.92 Å². The normalized spacial score (nSPS) is 16.1. The number of benzene rings is 1. The van der Waals surface area contributed by atoms with Crippen molar-refractivity contribution in [3.05, 3.63) is 37.2 Å². The molecule has 20 heavy (non-hydrogen) atoms. The first-order valence-electron chi connectivity index (χ1n) is 6.88. The molecule has 0 bridgehead atoms. The molecule has 6 heteroatoms. The summed E-state index contributed by atoms with van der Waals surface area (Å²) < 4.78 is 14.0. The second kappa shape index (κ2) is 6.80. The number of hydrogen-bond acceptors (Lipinski definition) is 3. The van der Waals surface area contributed by atoms with Crippen LogP contribution in [0.1, 0.15) is 31.7 Å². The third-order valence-electron chi connectivity index (χ3n) is 3.61.